The Morgan fingerprint density at radius 3 is 2.50 bits per heavy atom. The van der Waals surface area contributed by atoms with E-state index in [0.717, 1.165) is 0 Å². The molecular formula is C14H14ClFN2. The van der Waals surface area contributed by atoms with Crippen LogP contribution in [0.1, 0.15) is 6.92 Å². The molecule has 0 spiro atoms. The normalized spacial score (nSPS) is 10.4. The summed E-state index contributed by atoms with van der Waals surface area (Å²) in [4.78, 5) is 1.77. The van der Waals surface area contributed by atoms with Crippen LogP contribution in [-0.2, 0) is 0 Å². The molecule has 2 rings (SSSR count). The summed E-state index contributed by atoms with van der Waals surface area (Å²) in [5, 5.41) is 0.514. The van der Waals surface area contributed by atoms with Crippen LogP contribution in [0.2, 0.25) is 5.02 Å². The summed E-state index contributed by atoms with van der Waals surface area (Å²) in [6.07, 6.45) is 0. The monoisotopic (exact) mass is 264 g/mol. The molecule has 2 aromatic carbocycles. The zero-order valence-electron chi connectivity index (χ0n) is 10.0. The molecule has 0 aromatic heterocycles. The minimum atomic E-state index is -0.293. The van der Waals surface area contributed by atoms with Gasteiger partial charge in [-0.05, 0) is 31.2 Å². The minimum absolute atomic E-state index is 0.293. The zero-order chi connectivity index (χ0) is 13.1. The lowest BCUT2D eigenvalue weighted by Crippen LogP contribution is -2.19. The van der Waals surface area contributed by atoms with Crippen molar-refractivity contribution < 1.29 is 4.39 Å². The van der Waals surface area contributed by atoms with Gasteiger partial charge in [0.2, 0.25) is 0 Å². The van der Waals surface area contributed by atoms with Crippen molar-refractivity contribution in [3.8, 4) is 0 Å². The molecule has 4 heteroatoms. The third kappa shape index (κ3) is 2.27. The maximum absolute atomic E-state index is 13.9. The molecule has 0 aliphatic carbocycles. The topological polar surface area (TPSA) is 29.3 Å². The summed E-state index contributed by atoms with van der Waals surface area (Å²) in [6.45, 7) is 2.50. The molecule has 94 valence electrons. The van der Waals surface area contributed by atoms with Crippen molar-refractivity contribution in [3.05, 3.63) is 53.3 Å². The van der Waals surface area contributed by atoms with Crippen molar-refractivity contribution >= 4 is 28.7 Å². The number of nitrogen functional groups attached to an aromatic ring is 1. The molecule has 0 fully saturated rings. The Morgan fingerprint density at radius 1 is 1.17 bits per heavy atom. The van der Waals surface area contributed by atoms with Crippen LogP contribution in [0.15, 0.2) is 42.5 Å². The summed E-state index contributed by atoms with van der Waals surface area (Å²) >= 11 is 6.16. The highest BCUT2D eigenvalue weighted by atomic mass is 35.5. The van der Waals surface area contributed by atoms with E-state index in [-0.39, 0.29) is 5.82 Å². The molecule has 0 atom stereocenters. The van der Waals surface area contributed by atoms with E-state index >= 15 is 0 Å². The molecule has 0 unspecified atom stereocenters. The number of para-hydroxylation sites is 2. The largest absolute Gasteiger partial charge is 0.397 e. The number of nitrogens with zero attached hydrogens (tertiary/aromatic N) is 1. The van der Waals surface area contributed by atoms with Gasteiger partial charge in [0.25, 0.3) is 0 Å². The van der Waals surface area contributed by atoms with Crippen LogP contribution < -0.4 is 10.6 Å². The molecule has 2 aromatic rings. The van der Waals surface area contributed by atoms with Gasteiger partial charge in [0, 0.05) is 6.54 Å². The van der Waals surface area contributed by atoms with Gasteiger partial charge in [0.05, 0.1) is 22.1 Å². The number of nitrogens with two attached hydrogens (primary N) is 1. The van der Waals surface area contributed by atoms with Gasteiger partial charge < -0.3 is 10.6 Å². The Bertz CT molecular complexity index is 537. The van der Waals surface area contributed by atoms with Crippen molar-refractivity contribution in [2.24, 2.45) is 0 Å². The highest BCUT2D eigenvalue weighted by molar-refractivity contribution is 6.34. The molecule has 0 amide bonds. The van der Waals surface area contributed by atoms with E-state index in [2.05, 4.69) is 0 Å². The molecule has 0 aliphatic heterocycles. The Hall–Kier alpha value is -1.74. The first-order valence-electron chi connectivity index (χ1n) is 5.71. The Labute approximate surface area is 111 Å². The van der Waals surface area contributed by atoms with Crippen molar-refractivity contribution in [3.63, 3.8) is 0 Å². The number of halogens is 2. The Kier molecular flexibility index (Phi) is 3.72. The van der Waals surface area contributed by atoms with E-state index in [4.69, 9.17) is 17.3 Å². The molecule has 0 heterocycles. The highest BCUT2D eigenvalue weighted by Crippen LogP contribution is 2.37. The summed E-state index contributed by atoms with van der Waals surface area (Å²) in [6, 6.07) is 11.8. The fourth-order valence-corrected chi connectivity index (χ4v) is 2.22. The second kappa shape index (κ2) is 5.27. The van der Waals surface area contributed by atoms with Crippen LogP contribution in [0.5, 0.6) is 0 Å². The van der Waals surface area contributed by atoms with Gasteiger partial charge in [-0.25, -0.2) is 4.39 Å². The quantitative estimate of drug-likeness (QED) is 0.841. The third-order valence-electron chi connectivity index (χ3n) is 2.75. The summed E-state index contributed by atoms with van der Waals surface area (Å²) in [5.41, 5.74) is 7.59. The van der Waals surface area contributed by atoms with E-state index in [9.17, 15) is 4.39 Å². The zero-order valence-corrected chi connectivity index (χ0v) is 10.8. The molecule has 0 saturated carbocycles. The van der Waals surface area contributed by atoms with Crippen molar-refractivity contribution in [2.45, 2.75) is 6.92 Å². The average molecular weight is 265 g/mol. The lowest BCUT2D eigenvalue weighted by Gasteiger charge is -2.26. The van der Waals surface area contributed by atoms with E-state index in [1.54, 1.807) is 41.3 Å². The molecule has 0 radical (unpaired) electrons. The summed E-state index contributed by atoms with van der Waals surface area (Å²) in [5.74, 6) is -0.293. The van der Waals surface area contributed by atoms with Gasteiger partial charge >= 0.3 is 0 Å². The Balaban J connectivity index is 2.56. The number of hydrogen-bond donors (Lipinski definition) is 1. The lowest BCUT2D eigenvalue weighted by atomic mass is 10.2. The molecule has 0 bridgehead atoms. The van der Waals surface area contributed by atoms with Gasteiger partial charge in [0.15, 0.2) is 0 Å². The van der Waals surface area contributed by atoms with Gasteiger partial charge in [0.1, 0.15) is 5.82 Å². The molecule has 18 heavy (non-hydrogen) atoms. The fraction of sp³-hybridized carbons (Fsp3) is 0.143. The minimum Gasteiger partial charge on any atom is -0.397 e. The van der Waals surface area contributed by atoms with E-state index < -0.39 is 0 Å². The predicted octanol–water partition coefficient (Wildman–Crippen LogP) is 4.22. The van der Waals surface area contributed by atoms with Gasteiger partial charge in [-0.15, -0.1) is 0 Å². The van der Waals surface area contributed by atoms with E-state index in [1.807, 2.05) is 6.92 Å². The highest BCUT2D eigenvalue weighted by Gasteiger charge is 2.16. The van der Waals surface area contributed by atoms with Crippen LogP contribution in [0.25, 0.3) is 0 Å². The van der Waals surface area contributed by atoms with Crippen LogP contribution in [0.4, 0.5) is 21.5 Å². The average Bonchev–Trinajstić information content (AvgIpc) is 2.35. The second-order valence-electron chi connectivity index (χ2n) is 3.87. The van der Waals surface area contributed by atoms with Gasteiger partial charge in [-0.1, -0.05) is 29.8 Å². The SMILES string of the molecule is CCN(c1ccccc1F)c1c(N)cccc1Cl. The van der Waals surface area contributed by atoms with Crippen LogP contribution in [0.3, 0.4) is 0 Å². The third-order valence-corrected chi connectivity index (χ3v) is 3.05. The molecular weight excluding hydrogens is 251 g/mol. The number of hydrogen-bond acceptors (Lipinski definition) is 2. The second-order valence-corrected chi connectivity index (χ2v) is 4.28. The van der Waals surface area contributed by atoms with E-state index in [1.165, 1.54) is 6.07 Å². The van der Waals surface area contributed by atoms with E-state index in [0.29, 0.717) is 28.6 Å². The first kappa shape index (κ1) is 12.7. The maximum Gasteiger partial charge on any atom is 0.146 e. The molecule has 0 saturated heterocycles. The van der Waals surface area contributed by atoms with Crippen LogP contribution in [0, 0.1) is 5.82 Å². The predicted molar refractivity (Wildman–Crippen MR) is 74.9 cm³/mol. The number of benzene rings is 2. The Morgan fingerprint density at radius 2 is 1.89 bits per heavy atom. The first-order valence-corrected chi connectivity index (χ1v) is 6.09. The first-order chi connectivity index (χ1) is 8.65. The van der Waals surface area contributed by atoms with Gasteiger partial charge in [-0.3, -0.25) is 0 Å². The fourth-order valence-electron chi connectivity index (χ4n) is 1.94. The maximum atomic E-state index is 13.9. The van der Waals surface area contributed by atoms with Crippen molar-refractivity contribution in [2.75, 3.05) is 17.2 Å². The summed E-state index contributed by atoms with van der Waals surface area (Å²) in [7, 11) is 0. The summed E-state index contributed by atoms with van der Waals surface area (Å²) < 4.78 is 13.9. The number of anilines is 3. The smallest absolute Gasteiger partial charge is 0.146 e. The van der Waals surface area contributed by atoms with Crippen LogP contribution >= 0.6 is 11.6 Å². The molecule has 2 nitrogen and oxygen atoms in total. The lowest BCUT2D eigenvalue weighted by molar-refractivity contribution is 0.626. The molecule has 0 aliphatic rings. The standard InChI is InChI=1S/C14H14ClFN2/c1-2-18(13-9-4-3-7-11(13)16)14-10(15)6-5-8-12(14)17/h3-9H,2,17H2,1H3. The van der Waals surface area contributed by atoms with Crippen molar-refractivity contribution in [1.82, 2.24) is 0 Å². The van der Waals surface area contributed by atoms with Gasteiger partial charge in [-0.2, -0.15) is 0 Å². The van der Waals surface area contributed by atoms with Crippen molar-refractivity contribution in [1.29, 1.82) is 0 Å². The molecule has 2 N–H and O–H groups in total. The van der Waals surface area contributed by atoms with Crippen LogP contribution in [-0.4, -0.2) is 6.54 Å². The number of rotatable bonds is 3.